The van der Waals surface area contributed by atoms with Crippen molar-refractivity contribution in [2.24, 2.45) is 34.5 Å². The largest absolute Gasteiger partial charge is 0.465 e. The summed E-state index contributed by atoms with van der Waals surface area (Å²) in [5, 5.41) is 0. The number of carbonyl (C=O) groups is 4. The molecule has 8 atom stereocenters. The molecule has 0 N–H and O–H groups in total. The summed E-state index contributed by atoms with van der Waals surface area (Å²) in [5.74, 6) is 0.877. The SMILES string of the molecule is C=CC(=O)OC1CC2CC1C1(COC(=O)C1)C2.C=CC(=O)OC1CC2CC1CC21COC(=O)C1. The highest BCUT2D eigenvalue weighted by atomic mass is 16.6. The second-order valence-corrected chi connectivity index (χ2v) is 11.0. The maximum atomic E-state index is 11.3. The minimum Gasteiger partial charge on any atom is -0.465 e. The first-order chi connectivity index (χ1) is 16.3. The van der Waals surface area contributed by atoms with Crippen LogP contribution in [0.5, 0.6) is 0 Å². The van der Waals surface area contributed by atoms with Gasteiger partial charge in [0.15, 0.2) is 0 Å². The molecule has 6 aliphatic rings. The topological polar surface area (TPSA) is 105 Å². The van der Waals surface area contributed by atoms with Crippen LogP contribution >= 0.6 is 0 Å². The minimum atomic E-state index is -0.358. The zero-order valence-corrected chi connectivity index (χ0v) is 19.4. The molecule has 2 spiro atoms. The summed E-state index contributed by atoms with van der Waals surface area (Å²) in [4.78, 5) is 45.0. The van der Waals surface area contributed by atoms with E-state index in [1.54, 1.807) is 0 Å². The Bertz CT molecular complexity index is 926. The van der Waals surface area contributed by atoms with Crippen LogP contribution in [-0.2, 0) is 38.1 Å². The molecule has 2 aliphatic heterocycles. The zero-order valence-electron chi connectivity index (χ0n) is 19.4. The molecule has 0 aromatic rings. The predicted octanol–water partition coefficient (Wildman–Crippen LogP) is 2.89. The maximum absolute atomic E-state index is 11.3. The van der Waals surface area contributed by atoms with E-state index in [4.69, 9.17) is 18.9 Å². The number of esters is 4. The van der Waals surface area contributed by atoms with E-state index >= 15 is 0 Å². The van der Waals surface area contributed by atoms with Crippen LogP contribution in [0.4, 0.5) is 0 Å². The van der Waals surface area contributed by atoms with E-state index in [2.05, 4.69) is 13.2 Å². The van der Waals surface area contributed by atoms with E-state index in [1.165, 1.54) is 12.2 Å². The highest BCUT2D eigenvalue weighted by molar-refractivity contribution is 5.81. The Kier molecular flexibility index (Phi) is 5.81. The summed E-state index contributed by atoms with van der Waals surface area (Å²) < 4.78 is 21.0. The third-order valence-corrected chi connectivity index (χ3v) is 9.15. The van der Waals surface area contributed by atoms with Crippen LogP contribution in [-0.4, -0.2) is 49.3 Å². The predicted molar refractivity (Wildman–Crippen MR) is 118 cm³/mol. The van der Waals surface area contributed by atoms with E-state index in [0.717, 1.165) is 38.5 Å². The monoisotopic (exact) mass is 472 g/mol. The van der Waals surface area contributed by atoms with Gasteiger partial charge in [-0.2, -0.15) is 0 Å². The van der Waals surface area contributed by atoms with Gasteiger partial charge in [-0.25, -0.2) is 9.59 Å². The summed E-state index contributed by atoms with van der Waals surface area (Å²) in [5.41, 5.74) is 0.00491. The molecule has 8 unspecified atom stereocenters. The normalized spacial score (nSPS) is 42.8. The van der Waals surface area contributed by atoms with E-state index in [9.17, 15) is 19.2 Å². The zero-order chi connectivity index (χ0) is 24.1. The fraction of sp³-hybridized carbons (Fsp3) is 0.692. The van der Waals surface area contributed by atoms with E-state index in [0.29, 0.717) is 49.7 Å². The van der Waals surface area contributed by atoms with Crippen molar-refractivity contribution in [2.75, 3.05) is 13.2 Å². The number of hydrogen-bond donors (Lipinski definition) is 0. The van der Waals surface area contributed by atoms with Crippen molar-refractivity contribution in [1.29, 1.82) is 0 Å². The van der Waals surface area contributed by atoms with Crippen molar-refractivity contribution in [2.45, 2.75) is 63.6 Å². The molecule has 0 radical (unpaired) electrons. The molecular weight excluding hydrogens is 440 g/mol. The molecule has 0 aromatic carbocycles. The first-order valence-corrected chi connectivity index (χ1v) is 12.2. The van der Waals surface area contributed by atoms with Gasteiger partial charge in [0.25, 0.3) is 0 Å². The summed E-state index contributed by atoms with van der Waals surface area (Å²) >= 11 is 0. The van der Waals surface area contributed by atoms with Crippen molar-refractivity contribution < 1.29 is 38.1 Å². The van der Waals surface area contributed by atoms with Gasteiger partial charge in [-0.3, -0.25) is 9.59 Å². The molecule has 6 fully saturated rings. The van der Waals surface area contributed by atoms with Crippen LogP contribution in [0.25, 0.3) is 0 Å². The van der Waals surface area contributed by atoms with Crippen LogP contribution in [0.1, 0.15) is 51.4 Å². The molecule has 8 nitrogen and oxygen atoms in total. The average Bonchev–Trinajstić information content (AvgIpc) is 3.64. The van der Waals surface area contributed by atoms with Gasteiger partial charge in [-0.1, -0.05) is 13.2 Å². The third kappa shape index (κ3) is 3.95. The Hall–Kier alpha value is -2.64. The van der Waals surface area contributed by atoms with Crippen LogP contribution in [0, 0.1) is 34.5 Å². The lowest BCUT2D eigenvalue weighted by Gasteiger charge is -2.35. The molecule has 184 valence electrons. The quantitative estimate of drug-likeness (QED) is 0.349. The molecule has 2 saturated heterocycles. The second kappa shape index (κ2) is 8.54. The highest BCUT2D eigenvalue weighted by Crippen LogP contribution is 2.61. The third-order valence-electron chi connectivity index (χ3n) is 9.15. The molecule has 4 aliphatic carbocycles. The fourth-order valence-corrected chi connectivity index (χ4v) is 7.79. The molecule has 0 amide bonds. The number of ether oxygens (including phenoxy) is 4. The van der Waals surface area contributed by atoms with Crippen molar-refractivity contribution in [1.82, 2.24) is 0 Å². The maximum Gasteiger partial charge on any atom is 0.330 e. The number of cyclic esters (lactones) is 2. The van der Waals surface area contributed by atoms with Crippen LogP contribution in [0.3, 0.4) is 0 Å². The molecule has 4 bridgehead atoms. The van der Waals surface area contributed by atoms with Crippen LogP contribution in [0.2, 0.25) is 0 Å². The van der Waals surface area contributed by atoms with Crippen molar-refractivity contribution in [3.8, 4) is 0 Å². The van der Waals surface area contributed by atoms with Gasteiger partial charge in [0.2, 0.25) is 0 Å². The molecule has 6 rings (SSSR count). The summed E-state index contributed by atoms with van der Waals surface area (Å²) in [7, 11) is 0. The molecule has 34 heavy (non-hydrogen) atoms. The Morgan fingerprint density at radius 1 is 0.824 bits per heavy atom. The lowest BCUT2D eigenvalue weighted by Crippen LogP contribution is -2.38. The van der Waals surface area contributed by atoms with Gasteiger partial charge in [0.05, 0.1) is 26.1 Å². The van der Waals surface area contributed by atoms with Gasteiger partial charge in [0.1, 0.15) is 12.2 Å². The van der Waals surface area contributed by atoms with Crippen molar-refractivity contribution in [3.63, 3.8) is 0 Å². The van der Waals surface area contributed by atoms with Gasteiger partial charge in [-0.15, -0.1) is 0 Å². The number of carbonyl (C=O) groups excluding carboxylic acids is 4. The summed E-state index contributed by atoms with van der Waals surface area (Å²) in [6, 6.07) is 0. The van der Waals surface area contributed by atoms with Gasteiger partial charge in [0, 0.05) is 28.9 Å². The van der Waals surface area contributed by atoms with E-state index in [-0.39, 0.29) is 46.9 Å². The lowest BCUT2D eigenvalue weighted by molar-refractivity contribution is -0.149. The van der Waals surface area contributed by atoms with Crippen LogP contribution < -0.4 is 0 Å². The van der Waals surface area contributed by atoms with E-state index in [1.807, 2.05) is 0 Å². The Labute approximate surface area is 199 Å². The summed E-state index contributed by atoms with van der Waals surface area (Å²) in [6.07, 6.45) is 9.37. The Morgan fingerprint density at radius 2 is 1.44 bits per heavy atom. The molecule has 8 heteroatoms. The highest BCUT2D eigenvalue weighted by Gasteiger charge is 2.61. The smallest absolute Gasteiger partial charge is 0.330 e. The number of hydrogen-bond acceptors (Lipinski definition) is 8. The molecule has 0 aromatic heterocycles. The first kappa shape index (κ1) is 23.1. The standard InChI is InChI=1S/2C13H16O4/c1-2-11(14)17-10-4-9-3-8(10)5-13(9)6-12(15)16-7-13;1-2-11(14)17-10-4-8-3-9(10)13(5-8)6-12(15)16-7-13/h2*2,8-10H,1,3-7H2. The average molecular weight is 473 g/mol. The van der Waals surface area contributed by atoms with Gasteiger partial charge >= 0.3 is 23.9 Å². The molecule has 4 saturated carbocycles. The lowest BCUT2D eigenvalue weighted by atomic mass is 9.71. The minimum absolute atomic E-state index is 0.0202. The second-order valence-electron chi connectivity index (χ2n) is 11.0. The van der Waals surface area contributed by atoms with Crippen LogP contribution in [0.15, 0.2) is 25.3 Å². The number of fused-ring (bicyclic) bond motifs is 6. The Morgan fingerprint density at radius 3 is 1.94 bits per heavy atom. The molecule has 2 heterocycles. The molecular formula is C26H32O8. The number of rotatable bonds is 4. The van der Waals surface area contributed by atoms with Gasteiger partial charge < -0.3 is 18.9 Å². The Balaban J connectivity index is 0.000000142. The fourth-order valence-electron chi connectivity index (χ4n) is 7.79. The first-order valence-electron chi connectivity index (χ1n) is 12.2. The van der Waals surface area contributed by atoms with E-state index < -0.39 is 0 Å². The van der Waals surface area contributed by atoms with Crippen molar-refractivity contribution >= 4 is 23.9 Å². The summed E-state index contributed by atoms with van der Waals surface area (Å²) in [6.45, 7) is 7.89. The van der Waals surface area contributed by atoms with Gasteiger partial charge in [-0.05, 0) is 56.3 Å². The van der Waals surface area contributed by atoms with Crippen molar-refractivity contribution in [3.05, 3.63) is 25.3 Å².